The largest absolute Gasteiger partial charge is 0.356 e. The van der Waals surface area contributed by atoms with Gasteiger partial charge in [-0.05, 0) is 57.4 Å². The quantitative estimate of drug-likeness (QED) is 0.271. The molecule has 1 aromatic carbocycles. The third-order valence-corrected chi connectivity index (χ3v) is 7.34. The number of ether oxygens (including phenoxy) is 2. The summed E-state index contributed by atoms with van der Waals surface area (Å²) in [7, 11) is -2.95. The minimum absolute atomic E-state index is 0.0549. The van der Waals surface area contributed by atoms with Gasteiger partial charge in [0.1, 0.15) is 5.82 Å². The van der Waals surface area contributed by atoms with E-state index in [1.165, 1.54) is 12.1 Å². The normalized spacial score (nSPS) is 18.9. The van der Waals surface area contributed by atoms with Gasteiger partial charge < -0.3 is 14.8 Å². The zero-order valence-corrected chi connectivity index (χ0v) is 25.0. The molecule has 2 atom stereocenters. The molecule has 0 saturated carbocycles. The lowest BCUT2D eigenvalue weighted by atomic mass is 9.97. The minimum Gasteiger partial charge on any atom is -0.356 e. The average Bonchev–Trinajstić information content (AvgIpc) is 2.87. The van der Waals surface area contributed by atoms with Gasteiger partial charge in [0.15, 0.2) is 5.79 Å². The second-order valence-corrected chi connectivity index (χ2v) is 11.5. The Hall–Kier alpha value is -2.89. The summed E-state index contributed by atoms with van der Waals surface area (Å²) in [5, 5.41) is 2.94. The number of anilines is 1. The van der Waals surface area contributed by atoms with Crippen molar-refractivity contribution >= 4 is 28.8 Å². The van der Waals surface area contributed by atoms with Crippen LogP contribution in [-0.4, -0.2) is 55.4 Å². The lowest BCUT2D eigenvalue weighted by Gasteiger charge is -2.39. The molecule has 3 rings (SSSR count). The van der Waals surface area contributed by atoms with Crippen LogP contribution in [-0.2, 0) is 25.2 Å². The van der Waals surface area contributed by atoms with Crippen molar-refractivity contribution in [2.45, 2.75) is 91.1 Å². The second kappa shape index (κ2) is 14.1. The van der Waals surface area contributed by atoms with Crippen LogP contribution in [0.5, 0.6) is 0 Å². The molecule has 0 unspecified atom stereocenters. The molecule has 1 saturated heterocycles. The van der Waals surface area contributed by atoms with Gasteiger partial charge in [-0.25, -0.2) is 27.1 Å². The third-order valence-electron chi connectivity index (χ3n) is 6.48. The highest BCUT2D eigenvalue weighted by molar-refractivity contribution is 7.74. The van der Waals surface area contributed by atoms with Gasteiger partial charge in [0, 0.05) is 30.6 Å². The zero-order valence-electron chi connectivity index (χ0n) is 24.1. The molecule has 0 aliphatic carbocycles. The van der Waals surface area contributed by atoms with Crippen molar-refractivity contribution in [2.24, 2.45) is 0 Å². The highest BCUT2D eigenvalue weighted by atomic mass is 32.2. The maximum Gasteiger partial charge on any atom is 0.239 e. The van der Waals surface area contributed by atoms with Crippen molar-refractivity contribution in [3.8, 4) is 11.3 Å². The van der Waals surface area contributed by atoms with E-state index in [1.54, 1.807) is 19.1 Å². The molecule has 2 aromatic rings. The topological polar surface area (TPSA) is 111 Å². The summed E-state index contributed by atoms with van der Waals surface area (Å²) in [6.45, 7) is 12.2. The second-order valence-electron chi connectivity index (χ2n) is 10.6. The molecule has 1 amide bonds. The molecule has 1 aliphatic rings. The molecule has 0 radical (unpaired) electrons. The Bertz CT molecular complexity index is 1260. The van der Waals surface area contributed by atoms with Crippen LogP contribution < -0.4 is 9.62 Å². The molecule has 1 fully saturated rings. The summed E-state index contributed by atoms with van der Waals surface area (Å²) in [5.41, 5.74) is 2.44. The summed E-state index contributed by atoms with van der Waals surface area (Å²) in [6.07, 6.45) is 5.72. The van der Waals surface area contributed by atoms with Gasteiger partial charge in [0.2, 0.25) is 22.7 Å². The molecule has 1 aromatic heterocycles. The van der Waals surface area contributed by atoms with E-state index in [9.17, 15) is 17.6 Å². The number of nitrogens with zero attached hydrogens (tertiary/aromatic N) is 3. The fraction of sp³-hybridized carbons (Fsp3) is 0.552. The maximum atomic E-state index is 13.8. The molecular formula is C29H41FN4O5S. The van der Waals surface area contributed by atoms with Gasteiger partial charge in [-0.1, -0.05) is 39.3 Å². The number of rotatable bonds is 12. The average molecular weight is 577 g/mol. The van der Waals surface area contributed by atoms with Gasteiger partial charge in [0.25, 0.3) is 0 Å². The number of unbranched alkanes of at least 4 members (excludes halogenated alkanes) is 1. The number of nitrogens with one attached hydrogen (secondary N) is 1. The van der Waals surface area contributed by atoms with Crippen molar-refractivity contribution < 1.29 is 27.1 Å². The fourth-order valence-corrected chi connectivity index (χ4v) is 5.10. The Morgan fingerprint density at radius 1 is 1.20 bits per heavy atom. The van der Waals surface area contributed by atoms with Gasteiger partial charge >= 0.3 is 0 Å². The van der Waals surface area contributed by atoms with Crippen LogP contribution in [0.4, 0.5) is 10.3 Å². The first kappa shape index (κ1) is 31.6. The Morgan fingerprint density at radius 3 is 2.50 bits per heavy atom. The van der Waals surface area contributed by atoms with Crippen LogP contribution in [0.25, 0.3) is 17.3 Å². The zero-order chi connectivity index (χ0) is 29.4. The first-order valence-corrected chi connectivity index (χ1v) is 15.0. The SMILES string of the molecule is CCCCNC(=O)C[C@H]1C[C@@H](/C=C/c2c(-c3ccc(F)cc3)nc(N(CC)[SH](=O)=O)nc2C(C)C)OC(C)(C)O1. The summed E-state index contributed by atoms with van der Waals surface area (Å²) in [4.78, 5) is 21.7. The number of carbonyl (C=O) groups excluding carboxylic acids is 1. The number of carbonyl (C=O) groups is 1. The number of thiol groups is 1. The van der Waals surface area contributed by atoms with E-state index in [0.29, 0.717) is 35.5 Å². The van der Waals surface area contributed by atoms with Gasteiger partial charge in [-0.3, -0.25) is 4.79 Å². The lowest BCUT2D eigenvalue weighted by Crippen LogP contribution is -2.45. The van der Waals surface area contributed by atoms with Crippen LogP contribution >= 0.6 is 0 Å². The number of hydrogen-bond acceptors (Lipinski definition) is 7. The first-order valence-electron chi connectivity index (χ1n) is 13.8. The van der Waals surface area contributed by atoms with Crippen LogP contribution in [0.2, 0.25) is 0 Å². The Labute approximate surface area is 238 Å². The maximum absolute atomic E-state index is 13.8. The number of amides is 1. The minimum atomic E-state index is -2.95. The summed E-state index contributed by atoms with van der Waals surface area (Å²) < 4.78 is 50.9. The molecule has 0 spiro atoms. The predicted molar refractivity (Wildman–Crippen MR) is 155 cm³/mol. The number of halogens is 1. The molecule has 2 heterocycles. The number of hydrogen-bond donors (Lipinski definition) is 2. The van der Waals surface area contributed by atoms with Crippen molar-refractivity contribution in [3.63, 3.8) is 0 Å². The van der Waals surface area contributed by atoms with E-state index in [1.807, 2.05) is 39.8 Å². The first-order chi connectivity index (χ1) is 18.9. The van der Waals surface area contributed by atoms with E-state index in [4.69, 9.17) is 9.47 Å². The monoisotopic (exact) mass is 576 g/mol. The van der Waals surface area contributed by atoms with E-state index in [2.05, 4.69) is 22.2 Å². The standard InChI is InChI=1S/C29H41FN4O5S/c1-7-9-16-31-25(35)18-23-17-22(38-29(5,6)39-23)14-15-24-26(19(3)4)32-28(34(8-2)40(36)37)33-27(24)20-10-12-21(30)13-11-20/h10-15,19,22-23,40H,7-9,16-18H2,1-6H3,(H,31,35)/b15-14+/t22-,23-/m1/s1. The summed E-state index contributed by atoms with van der Waals surface area (Å²) in [5.74, 6) is -1.35. The Balaban J connectivity index is 2.00. The van der Waals surface area contributed by atoms with Gasteiger partial charge in [-0.2, -0.15) is 0 Å². The van der Waals surface area contributed by atoms with Crippen molar-refractivity contribution in [1.29, 1.82) is 0 Å². The van der Waals surface area contributed by atoms with Crippen LogP contribution in [0.3, 0.4) is 0 Å². The fourth-order valence-electron chi connectivity index (χ4n) is 4.63. The van der Waals surface area contributed by atoms with E-state index < -0.39 is 16.7 Å². The van der Waals surface area contributed by atoms with Crippen LogP contribution in [0, 0.1) is 5.82 Å². The van der Waals surface area contributed by atoms with Crippen molar-refractivity contribution in [2.75, 3.05) is 17.4 Å². The van der Waals surface area contributed by atoms with Crippen LogP contribution in [0.1, 0.15) is 84.4 Å². The molecule has 11 heteroatoms. The number of benzene rings is 1. The van der Waals surface area contributed by atoms with Crippen molar-refractivity contribution in [1.82, 2.24) is 15.3 Å². The molecule has 1 aliphatic heterocycles. The molecule has 220 valence electrons. The Morgan fingerprint density at radius 2 is 1.90 bits per heavy atom. The van der Waals surface area contributed by atoms with Gasteiger partial charge in [-0.15, -0.1) is 0 Å². The predicted octanol–water partition coefficient (Wildman–Crippen LogP) is 4.99. The highest BCUT2D eigenvalue weighted by Gasteiger charge is 2.35. The smallest absolute Gasteiger partial charge is 0.239 e. The molecule has 40 heavy (non-hydrogen) atoms. The Kier molecular flexibility index (Phi) is 11.2. The van der Waals surface area contributed by atoms with E-state index >= 15 is 0 Å². The third kappa shape index (κ3) is 8.55. The molecule has 9 nitrogen and oxygen atoms in total. The van der Waals surface area contributed by atoms with E-state index in [0.717, 1.165) is 17.1 Å². The van der Waals surface area contributed by atoms with Crippen LogP contribution in [0.15, 0.2) is 30.3 Å². The molecular weight excluding hydrogens is 535 g/mol. The van der Waals surface area contributed by atoms with Crippen molar-refractivity contribution in [3.05, 3.63) is 47.4 Å². The van der Waals surface area contributed by atoms with Gasteiger partial charge in [0.05, 0.1) is 30.0 Å². The summed E-state index contributed by atoms with van der Waals surface area (Å²) in [6, 6.07) is 5.90. The summed E-state index contributed by atoms with van der Waals surface area (Å²) >= 11 is 0. The van der Waals surface area contributed by atoms with E-state index in [-0.39, 0.29) is 48.8 Å². The molecule has 1 N–H and O–H groups in total. The number of aromatic nitrogens is 2. The lowest BCUT2D eigenvalue weighted by molar-refractivity contribution is -0.289. The molecule has 0 bridgehead atoms. The highest BCUT2D eigenvalue weighted by Crippen LogP contribution is 2.33.